The third-order valence-corrected chi connectivity index (χ3v) is 6.87. The van der Waals surface area contributed by atoms with E-state index in [0.717, 1.165) is 22.9 Å². The molecule has 8 nitrogen and oxygen atoms in total. The van der Waals surface area contributed by atoms with Crippen molar-refractivity contribution in [3.05, 3.63) is 81.3 Å². The van der Waals surface area contributed by atoms with Crippen LogP contribution in [0.4, 0.5) is 19.0 Å². The molecular weight excluding hydrogens is 506 g/mol. The third kappa shape index (κ3) is 7.43. The molecule has 0 spiro atoms. The quantitative estimate of drug-likeness (QED) is 0.276. The molecule has 36 heavy (non-hydrogen) atoms. The molecule has 0 radical (unpaired) electrons. The minimum atomic E-state index is -0.418. The van der Waals surface area contributed by atoms with E-state index >= 15 is 0 Å². The number of carbonyl (C=O) groups excluding carboxylic acids is 2. The molecule has 0 aliphatic rings. The van der Waals surface area contributed by atoms with Crippen LogP contribution < -0.4 is 10.6 Å². The second kappa shape index (κ2) is 12.4. The molecule has 2 N–H and O–H groups in total. The van der Waals surface area contributed by atoms with Gasteiger partial charge in [-0.05, 0) is 36.1 Å². The lowest BCUT2D eigenvalue weighted by molar-refractivity contribution is -0.116. The molecule has 0 bridgehead atoms. The van der Waals surface area contributed by atoms with Gasteiger partial charge in [-0.3, -0.25) is 9.59 Å². The summed E-state index contributed by atoms with van der Waals surface area (Å²) in [6.45, 7) is 0. The Morgan fingerprint density at radius 2 is 1.08 bits per heavy atom. The Morgan fingerprint density at radius 3 is 1.50 bits per heavy atom. The molecule has 4 rings (SSSR count). The van der Waals surface area contributed by atoms with Crippen molar-refractivity contribution in [2.45, 2.75) is 38.5 Å². The molecule has 0 aliphatic carbocycles. The van der Waals surface area contributed by atoms with Crippen LogP contribution in [0.5, 0.6) is 0 Å². The fourth-order valence-electron chi connectivity index (χ4n) is 3.32. The molecule has 0 unspecified atom stereocenters. The minimum absolute atomic E-state index is 0.0744. The van der Waals surface area contributed by atoms with Crippen LogP contribution in [-0.2, 0) is 35.3 Å². The Morgan fingerprint density at radius 1 is 0.667 bits per heavy atom. The van der Waals surface area contributed by atoms with Crippen molar-refractivity contribution >= 4 is 44.8 Å². The van der Waals surface area contributed by atoms with E-state index in [2.05, 4.69) is 31.0 Å². The van der Waals surface area contributed by atoms with Crippen molar-refractivity contribution in [3.8, 4) is 0 Å². The van der Waals surface area contributed by atoms with Crippen LogP contribution in [0, 0.1) is 11.6 Å². The zero-order valence-electron chi connectivity index (χ0n) is 19.0. The maximum atomic E-state index is 13.7. The van der Waals surface area contributed by atoms with Crippen LogP contribution in [0.25, 0.3) is 0 Å². The number of hydrogen-bond donors (Lipinski definition) is 2. The fourth-order valence-corrected chi connectivity index (χ4v) is 4.91. The first-order valence-corrected chi connectivity index (χ1v) is 12.8. The topological polar surface area (TPSA) is 110 Å². The summed E-state index contributed by atoms with van der Waals surface area (Å²) in [4.78, 5) is 24.3. The van der Waals surface area contributed by atoms with Gasteiger partial charge < -0.3 is 10.6 Å². The lowest BCUT2D eigenvalue weighted by Crippen LogP contribution is -2.15. The van der Waals surface area contributed by atoms with E-state index in [-0.39, 0.29) is 24.7 Å². The average Bonchev–Trinajstić information content (AvgIpc) is 3.49. The van der Waals surface area contributed by atoms with E-state index in [9.17, 15) is 18.4 Å². The fraction of sp³-hybridized carbons (Fsp3) is 0.250. The number of unbranched alkanes of at least 4 members (excludes halogenated alkanes) is 1. The highest BCUT2D eigenvalue weighted by molar-refractivity contribution is 7.15. The summed E-state index contributed by atoms with van der Waals surface area (Å²) in [6, 6.07) is 12.3. The third-order valence-electron chi connectivity index (χ3n) is 5.08. The predicted molar refractivity (Wildman–Crippen MR) is 134 cm³/mol. The number of aromatic nitrogens is 4. The second-order valence-electron chi connectivity index (χ2n) is 7.84. The van der Waals surface area contributed by atoms with Gasteiger partial charge in [-0.2, -0.15) is 0 Å². The lowest BCUT2D eigenvalue weighted by Gasteiger charge is -2.02. The summed E-state index contributed by atoms with van der Waals surface area (Å²) in [6.07, 6.45) is 2.88. The molecule has 186 valence electrons. The van der Waals surface area contributed by atoms with E-state index < -0.39 is 11.6 Å². The van der Waals surface area contributed by atoms with E-state index in [1.807, 2.05) is 0 Å². The molecule has 2 aromatic heterocycles. The standard InChI is InChI=1S/C24H22F2N6O2S2/c25-17-9-3-1-7-15(17)13-19(33)27-23-31-29-21(35-23)11-5-6-12-22-30-32-24(36-22)28-20(34)14-16-8-2-4-10-18(16)26/h1-4,7-10H,5-6,11-14H2,(H,27,31,33)(H,28,32,34). The summed E-state index contributed by atoms with van der Waals surface area (Å²) >= 11 is 2.57. The Kier molecular flexibility index (Phi) is 8.74. The zero-order chi connectivity index (χ0) is 25.3. The Balaban J connectivity index is 1.16. The summed E-state index contributed by atoms with van der Waals surface area (Å²) in [5.41, 5.74) is 0.647. The minimum Gasteiger partial charge on any atom is -0.300 e. The Labute approximate surface area is 213 Å². The van der Waals surface area contributed by atoms with Crippen LogP contribution in [0.3, 0.4) is 0 Å². The number of rotatable bonds is 11. The van der Waals surface area contributed by atoms with Gasteiger partial charge in [0.25, 0.3) is 0 Å². The number of aryl methyl sites for hydroxylation is 2. The highest BCUT2D eigenvalue weighted by Crippen LogP contribution is 2.21. The first kappa shape index (κ1) is 25.5. The normalized spacial score (nSPS) is 10.8. The number of carbonyl (C=O) groups is 2. The van der Waals surface area contributed by atoms with Gasteiger partial charge in [0.1, 0.15) is 21.6 Å². The van der Waals surface area contributed by atoms with Crippen molar-refractivity contribution in [3.63, 3.8) is 0 Å². The Hall–Kier alpha value is -3.64. The number of halogens is 2. The largest absolute Gasteiger partial charge is 0.300 e. The predicted octanol–water partition coefficient (Wildman–Crippen LogP) is 4.60. The van der Waals surface area contributed by atoms with Gasteiger partial charge in [0, 0.05) is 12.8 Å². The van der Waals surface area contributed by atoms with Gasteiger partial charge in [0.15, 0.2) is 0 Å². The first-order chi connectivity index (χ1) is 17.5. The number of benzene rings is 2. The van der Waals surface area contributed by atoms with Crippen LogP contribution in [0.15, 0.2) is 48.5 Å². The van der Waals surface area contributed by atoms with Crippen LogP contribution in [-0.4, -0.2) is 32.2 Å². The van der Waals surface area contributed by atoms with Crippen LogP contribution >= 0.6 is 22.7 Å². The van der Waals surface area contributed by atoms with Gasteiger partial charge in [-0.25, -0.2) is 8.78 Å². The van der Waals surface area contributed by atoms with E-state index in [0.29, 0.717) is 34.2 Å². The summed E-state index contributed by atoms with van der Waals surface area (Å²) in [7, 11) is 0. The smallest absolute Gasteiger partial charge is 0.230 e. The second-order valence-corrected chi connectivity index (χ2v) is 9.97. The van der Waals surface area contributed by atoms with Crippen LogP contribution in [0.1, 0.15) is 34.0 Å². The first-order valence-electron chi connectivity index (χ1n) is 11.2. The summed E-state index contributed by atoms with van der Waals surface area (Å²) in [5, 5.41) is 23.8. The van der Waals surface area contributed by atoms with Gasteiger partial charge in [-0.1, -0.05) is 59.1 Å². The molecule has 4 aromatic rings. The molecule has 0 atom stereocenters. The number of nitrogens with zero attached hydrogens (tertiary/aromatic N) is 4. The van der Waals surface area contributed by atoms with Crippen molar-refractivity contribution in [1.29, 1.82) is 0 Å². The molecule has 0 aliphatic heterocycles. The van der Waals surface area contributed by atoms with E-state index in [4.69, 9.17) is 0 Å². The van der Waals surface area contributed by atoms with Crippen LogP contribution in [0.2, 0.25) is 0 Å². The van der Waals surface area contributed by atoms with Crippen molar-refractivity contribution in [2.24, 2.45) is 0 Å². The average molecular weight is 529 g/mol. The van der Waals surface area contributed by atoms with Gasteiger partial charge in [0.2, 0.25) is 22.1 Å². The summed E-state index contributed by atoms with van der Waals surface area (Å²) in [5.74, 6) is -1.54. The molecule has 0 fully saturated rings. The molecule has 2 amide bonds. The van der Waals surface area contributed by atoms with Crippen molar-refractivity contribution in [2.75, 3.05) is 10.6 Å². The number of anilines is 2. The molecular formula is C24H22F2N6O2S2. The zero-order valence-corrected chi connectivity index (χ0v) is 20.7. The van der Waals surface area contributed by atoms with Gasteiger partial charge in [-0.15, -0.1) is 20.4 Å². The number of hydrogen-bond acceptors (Lipinski definition) is 8. The molecule has 0 saturated heterocycles. The highest BCUT2D eigenvalue weighted by atomic mass is 32.1. The Bertz CT molecular complexity index is 1240. The molecule has 12 heteroatoms. The van der Waals surface area contributed by atoms with Gasteiger partial charge >= 0.3 is 0 Å². The number of nitrogens with one attached hydrogen (secondary N) is 2. The summed E-state index contributed by atoms with van der Waals surface area (Å²) < 4.78 is 27.4. The van der Waals surface area contributed by atoms with Crippen molar-refractivity contribution in [1.82, 2.24) is 20.4 Å². The highest BCUT2D eigenvalue weighted by Gasteiger charge is 2.13. The molecule has 2 aromatic carbocycles. The SMILES string of the molecule is O=C(Cc1ccccc1F)Nc1nnc(CCCCc2nnc(NC(=O)Cc3ccccc3F)s2)s1. The van der Waals surface area contributed by atoms with Gasteiger partial charge in [0.05, 0.1) is 12.8 Å². The van der Waals surface area contributed by atoms with Crippen molar-refractivity contribution < 1.29 is 18.4 Å². The molecule has 2 heterocycles. The maximum Gasteiger partial charge on any atom is 0.230 e. The lowest BCUT2D eigenvalue weighted by atomic mass is 10.1. The monoisotopic (exact) mass is 528 g/mol. The molecule has 0 saturated carbocycles. The number of amides is 2. The van der Waals surface area contributed by atoms with E-state index in [1.54, 1.807) is 36.4 Å². The maximum absolute atomic E-state index is 13.7. The van der Waals surface area contributed by atoms with E-state index in [1.165, 1.54) is 34.8 Å².